The second-order valence-electron chi connectivity index (χ2n) is 5.01. The number of rotatable bonds is 5. The second kappa shape index (κ2) is 6.59. The Bertz CT molecular complexity index is 559. The SMILES string of the molecule is O=C(CCl)N(CCc1ccccc1)[C@@H]1CCS(=O)(=O)C1. The summed E-state index contributed by atoms with van der Waals surface area (Å²) in [7, 11) is -3.00. The molecule has 1 fully saturated rings. The predicted octanol–water partition coefficient (Wildman–Crippen LogP) is 1.48. The molecule has 20 heavy (non-hydrogen) atoms. The summed E-state index contributed by atoms with van der Waals surface area (Å²) in [6.45, 7) is 0.510. The highest BCUT2D eigenvalue weighted by molar-refractivity contribution is 7.91. The first kappa shape index (κ1) is 15.3. The Labute approximate surface area is 124 Å². The summed E-state index contributed by atoms with van der Waals surface area (Å²) in [5.74, 6) is -0.0742. The zero-order valence-electron chi connectivity index (χ0n) is 11.2. The van der Waals surface area contributed by atoms with Gasteiger partial charge in [0.25, 0.3) is 0 Å². The summed E-state index contributed by atoms with van der Waals surface area (Å²) in [5.41, 5.74) is 1.13. The van der Waals surface area contributed by atoms with Crippen molar-refractivity contribution >= 4 is 27.3 Å². The number of hydrogen-bond donors (Lipinski definition) is 0. The summed E-state index contributed by atoms with van der Waals surface area (Å²) in [5, 5.41) is 0. The van der Waals surface area contributed by atoms with Gasteiger partial charge >= 0.3 is 0 Å². The van der Waals surface area contributed by atoms with Crippen LogP contribution in [0, 0.1) is 0 Å². The van der Waals surface area contributed by atoms with E-state index in [0.717, 1.165) is 5.56 Å². The summed E-state index contributed by atoms with van der Waals surface area (Å²) < 4.78 is 23.1. The molecular weight excluding hydrogens is 298 g/mol. The molecule has 0 N–H and O–H groups in total. The zero-order chi connectivity index (χ0) is 14.6. The highest BCUT2D eigenvalue weighted by Gasteiger charge is 2.34. The lowest BCUT2D eigenvalue weighted by atomic mass is 10.1. The molecule has 1 atom stereocenters. The lowest BCUT2D eigenvalue weighted by Crippen LogP contribution is -2.43. The topological polar surface area (TPSA) is 54.5 Å². The Hall–Kier alpha value is -1.07. The van der Waals surface area contributed by atoms with E-state index in [-0.39, 0.29) is 29.3 Å². The van der Waals surface area contributed by atoms with Gasteiger partial charge in [0.05, 0.1) is 11.5 Å². The molecule has 0 saturated carbocycles. The van der Waals surface area contributed by atoms with E-state index >= 15 is 0 Å². The lowest BCUT2D eigenvalue weighted by molar-refractivity contribution is -0.130. The number of carbonyl (C=O) groups is 1. The van der Waals surface area contributed by atoms with Gasteiger partial charge in [0.15, 0.2) is 9.84 Å². The van der Waals surface area contributed by atoms with Crippen LogP contribution in [0.1, 0.15) is 12.0 Å². The zero-order valence-corrected chi connectivity index (χ0v) is 12.7. The monoisotopic (exact) mass is 315 g/mol. The number of nitrogens with zero attached hydrogens (tertiary/aromatic N) is 1. The second-order valence-corrected chi connectivity index (χ2v) is 7.51. The first-order chi connectivity index (χ1) is 9.52. The van der Waals surface area contributed by atoms with Gasteiger partial charge in [0, 0.05) is 12.6 Å². The molecule has 0 aliphatic carbocycles. The van der Waals surface area contributed by atoms with Crippen molar-refractivity contribution in [3.63, 3.8) is 0 Å². The van der Waals surface area contributed by atoms with E-state index in [1.807, 2.05) is 30.3 Å². The predicted molar refractivity (Wildman–Crippen MR) is 79.6 cm³/mol. The number of carbonyl (C=O) groups excluding carboxylic acids is 1. The molecule has 0 unspecified atom stereocenters. The third-order valence-electron chi connectivity index (χ3n) is 3.57. The average molecular weight is 316 g/mol. The van der Waals surface area contributed by atoms with Gasteiger partial charge in [0.1, 0.15) is 5.88 Å². The van der Waals surface area contributed by atoms with Crippen LogP contribution < -0.4 is 0 Å². The van der Waals surface area contributed by atoms with Gasteiger partial charge in [0.2, 0.25) is 5.91 Å². The molecule has 110 valence electrons. The van der Waals surface area contributed by atoms with E-state index in [0.29, 0.717) is 19.4 Å². The van der Waals surface area contributed by atoms with E-state index in [1.54, 1.807) is 4.90 Å². The first-order valence-electron chi connectivity index (χ1n) is 6.61. The van der Waals surface area contributed by atoms with Crippen LogP contribution in [0.4, 0.5) is 0 Å². The van der Waals surface area contributed by atoms with Crippen molar-refractivity contribution in [1.29, 1.82) is 0 Å². The standard InChI is InChI=1S/C14H18ClNO3S/c15-10-14(17)16(13-7-9-20(18,19)11-13)8-6-12-4-2-1-3-5-12/h1-5,13H,6-11H2/t13-/m1/s1. The molecule has 1 aliphatic rings. The summed E-state index contributed by atoms with van der Waals surface area (Å²) in [4.78, 5) is 13.6. The number of amides is 1. The number of sulfone groups is 1. The highest BCUT2D eigenvalue weighted by Crippen LogP contribution is 2.19. The fourth-order valence-electron chi connectivity index (χ4n) is 2.50. The van der Waals surface area contributed by atoms with Gasteiger partial charge in [-0.25, -0.2) is 8.42 Å². The molecule has 6 heteroatoms. The number of hydrogen-bond acceptors (Lipinski definition) is 3. The highest BCUT2D eigenvalue weighted by atomic mass is 35.5. The van der Waals surface area contributed by atoms with Crippen LogP contribution in [0.2, 0.25) is 0 Å². The van der Waals surface area contributed by atoms with Crippen LogP contribution >= 0.6 is 11.6 Å². The fraction of sp³-hybridized carbons (Fsp3) is 0.500. The summed E-state index contributed by atoms with van der Waals surface area (Å²) >= 11 is 5.64. The smallest absolute Gasteiger partial charge is 0.237 e. The minimum Gasteiger partial charge on any atom is -0.337 e. The van der Waals surface area contributed by atoms with Crippen LogP contribution in [-0.2, 0) is 21.1 Å². The number of benzene rings is 1. The minimum absolute atomic E-state index is 0.0599. The summed E-state index contributed by atoms with van der Waals surface area (Å²) in [6, 6.07) is 9.60. The van der Waals surface area contributed by atoms with Crippen LogP contribution in [0.5, 0.6) is 0 Å². The van der Waals surface area contributed by atoms with Crippen LogP contribution in [0.15, 0.2) is 30.3 Å². The van der Waals surface area contributed by atoms with E-state index in [2.05, 4.69) is 0 Å². The molecule has 2 rings (SSSR count). The molecule has 1 heterocycles. The van der Waals surface area contributed by atoms with Crippen molar-refractivity contribution in [3.05, 3.63) is 35.9 Å². The van der Waals surface area contributed by atoms with Gasteiger partial charge < -0.3 is 4.90 Å². The molecule has 0 radical (unpaired) electrons. The van der Waals surface area contributed by atoms with Crippen LogP contribution in [-0.4, -0.2) is 49.2 Å². The molecule has 0 spiro atoms. The Balaban J connectivity index is 2.03. The molecule has 0 bridgehead atoms. The van der Waals surface area contributed by atoms with E-state index in [4.69, 9.17) is 11.6 Å². The molecular formula is C14H18ClNO3S. The maximum absolute atomic E-state index is 11.9. The van der Waals surface area contributed by atoms with Crippen molar-refractivity contribution in [2.45, 2.75) is 18.9 Å². The maximum Gasteiger partial charge on any atom is 0.237 e. The molecule has 1 aliphatic heterocycles. The summed E-state index contributed by atoms with van der Waals surface area (Å²) in [6.07, 6.45) is 1.22. The molecule has 0 aromatic heterocycles. The van der Waals surface area contributed by atoms with Crippen molar-refractivity contribution in [3.8, 4) is 0 Å². The van der Waals surface area contributed by atoms with Crippen molar-refractivity contribution in [2.24, 2.45) is 0 Å². The van der Waals surface area contributed by atoms with Gasteiger partial charge in [-0.05, 0) is 18.4 Å². The Morgan fingerprint density at radius 2 is 2.00 bits per heavy atom. The van der Waals surface area contributed by atoms with Crippen molar-refractivity contribution in [2.75, 3.05) is 23.9 Å². The fourth-order valence-corrected chi connectivity index (χ4v) is 4.39. The molecule has 4 nitrogen and oxygen atoms in total. The third-order valence-corrected chi connectivity index (χ3v) is 5.55. The maximum atomic E-state index is 11.9. The Morgan fingerprint density at radius 1 is 1.30 bits per heavy atom. The van der Waals surface area contributed by atoms with Gasteiger partial charge in [-0.3, -0.25) is 4.79 Å². The lowest BCUT2D eigenvalue weighted by Gasteiger charge is -2.27. The Morgan fingerprint density at radius 3 is 2.55 bits per heavy atom. The van der Waals surface area contributed by atoms with Gasteiger partial charge in [-0.1, -0.05) is 30.3 Å². The van der Waals surface area contributed by atoms with E-state index in [9.17, 15) is 13.2 Å². The first-order valence-corrected chi connectivity index (χ1v) is 8.97. The largest absolute Gasteiger partial charge is 0.337 e. The molecule has 1 aromatic rings. The van der Waals surface area contributed by atoms with Crippen LogP contribution in [0.25, 0.3) is 0 Å². The average Bonchev–Trinajstić information content (AvgIpc) is 2.80. The number of halogens is 1. The quantitative estimate of drug-likeness (QED) is 0.773. The van der Waals surface area contributed by atoms with E-state index in [1.165, 1.54) is 0 Å². The van der Waals surface area contributed by atoms with Gasteiger partial charge in [-0.2, -0.15) is 0 Å². The Kier molecular flexibility index (Phi) is 5.05. The number of alkyl halides is 1. The van der Waals surface area contributed by atoms with Crippen LogP contribution in [0.3, 0.4) is 0 Å². The minimum atomic E-state index is -3.00. The van der Waals surface area contributed by atoms with Crippen molar-refractivity contribution in [1.82, 2.24) is 4.90 Å². The normalized spacial score (nSPS) is 20.8. The molecule has 1 aromatic carbocycles. The third kappa shape index (κ3) is 3.96. The molecule has 1 amide bonds. The van der Waals surface area contributed by atoms with Crippen molar-refractivity contribution < 1.29 is 13.2 Å². The molecule has 1 saturated heterocycles. The van der Waals surface area contributed by atoms with Gasteiger partial charge in [-0.15, -0.1) is 11.6 Å². The van der Waals surface area contributed by atoms with E-state index < -0.39 is 9.84 Å².